The molecule has 0 aliphatic carbocycles. The molecule has 1 heterocycles. The molecule has 0 amide bonds. The fourth-order valence-electron chi connectivity index (χ4n) is 7.78. The topological polar surface area (TPSA) is 38.0 Å². The van der Waals surface area contributed by atoms with Crippen LogP contribution in [0.1, 0.15) is 26.3 Å². The molecule has 25 heteroatoms. The largest absolute Gasteiger partial charge is 0.289 e. The highest BCUT2D eigenvalue weighted by atomic mass is 32.1. The number of nitrogens with zero attached hydrogens (tertiary/aromatic N) is 1. The Bertz CT molecular complexity index is 3120. The Balaban J connectivity index is 0.000000240. The maximum atomic E-state index is 15.4. The molecule has 0 N–H and O–H groups in total. The Labute approximate surface area is 386 Å². The maximum absolute atomic E-state index is 15.4. The molecular formula is C46H16BF20NO2S. The molecule has 8 rings (SSSR count). The second-order valence-corrected chi connectivity index (χ2v) is 15.7. The highest BCUT2D eigenvalue weighted by Crippen LogP contribution is 2.31. The van der Waals surface area contributed by atoms with Gasteiger partial charge < -0.3 is 0 Å². The lowest BCUT2D eigenvalue weighted by Gasteiger charge is -2.44. The highest BCUT2D eigenvalue weighted by molar-refractivity contribution is 7.20. The van der Waals surface area contributed by atoms with Gasteiger partial charge in [0, 0.05) is 22.8 Å². The van der Waals surface area contributed by atoms with Gasteiger partial charge in [-0.1, -0.05) is 78.1 Å². The number of thiazole rings is 1. The molecule has 0 bridgehead atoms. The first kappa shape index (κ1) is 51.3. The number of aromatic nitrogens is 1. The van der Waals surface area contributed by atoms with Crippen molar-refractivity contribution in [1.29, 1.82) is 0 Å². The van der Waals surface area contributed by atoms with Crippen molar-refractivity contribution in [3.05, 3.63) is 217 Å². The summed E-state index contributed by atoms with van der Waals surface area (Å²) >= 11 is 1.62. The van der Waals surface area contributed by atoms with E-state index in [0.717, 1.165) is 10.2 Å². The molecule has 0 fully saturated rings. The zero-order valence-electron chi connectivity index (χ0n) is 34.1. The van der Waals surface area contributed by atoms with E-state index >= 15 is 35.1 Å². The number of halogens is 20. The predicted molar refractivity (Wildman–Crippen MR) is 212 cm³/mol. The Kier molecular flexibility index (Phi) is 14.0. The van der Waals surface area contributed by atoms with Crippen molar-refractivity contribution >= 4 is 61.1 Å². The third kappa shape index (κ3) is 8.23. The van der Waals surface area contributed by atoms with Crippen LogP contribution in [0.5, 0.6) is 0 Å². The average molecular weight is 1040 g/mol. The smallest absolute Gasteiger partial charge is 0.227 e. The molecule has 0 saturated carbocycles. The van der Waals surface area contributed by atoms with Gasteiger partial charge in [0.05, 0.1) is 0 Å². The van der Waals surface area contributed by atoms with Crippen LogP contribution < -0.4 is 26.4 Å². The van der Waals surface area contributed by atoms with Crippen molar-refractivity contribution in [2.24, 2.45) is 0 Å². The Hall–Kier alpha value is -7.57. The van der Waals surface area contributed by atoms with Gasteiger partial charge in [-0.2, -0.15) is 4.57 Å². The number of para-hydroxylation sites is 1. The van der Waals surface area contributed by atoms with Crippen LogP contribution in [0.15, 0.2) is 84.4 Å². The highest BCUT2D eigenvalue weighted by Gasteiger charge is 2.52. The molecular weight excluding hydrogens is 1020 g/mol. The van der Waals surface area contributed by atoms with Crippen molar-refractivity contribution in [2.75, 3.05) is 0 Å². The lowest BCUT2D eigenvalue weighted by atomic mass is 9.12. The van der Waals surface area contributed by atoms with Gasteiger partial charge in [0.2, 0.25) is 23.4 Å². The number of benzene rings is 7. The lowest BCUT2D eigenvalue weighted by molar-refractivity contribution is -0.652. The van der Waals surface area contributed by atoms with Gasteiger partial charge in [0.25, 0.3) is 0 Å². The predicted octanol–water partition coefficient (Wildman–Crippen LogP) is 10.1. The van der Waals surface area contributed by atoms with Crippen LogP contribution in [-0.2, 0) is 6.54 Å². The summed E-state index contributed by atoms with van der Waals surface area (Å²) in [7, 11) is 0. The number of carbonyl (C=O) groups excluding carboxylic acids is 2. The SMILES string of the molecule is Fc1c(F)c(F)c([B-](c2c(F)c(F)c(F)c(F)c2F)(c2c(F)c(F)c(F)c(F)c2F)c2c(F)c(F)c(F)c(F)c2F)c(F)c1F.O=C(C[n+]1csc2ccccc21)c1ccc(C(=O)c2ccccc2)cc1. The number of hydrogen-bond donors (Lipinski definition) is 0. The van der Waals surface area contributed by atoms with Gasteiger partial charge in [-0.05, 0) is 6.07 Å². The quantitative estimate of drug-likeness (QED) is 0.0361. The molecule has 0 saturated heterocycles. The molecule has 8 aromatic rings. The van der Waals surface area contributed by atoms with E-state index in [4.69, 9.17) is 0 Å². The second-order valence-electron chi connectivity index (χ2n) is 14.8. The molecule has 71 heavy (non-hydrogen) atoms. The van der Waals surface area contributed by atoms with E-state index in [-0.39, 0.29) is 18.1 Å². The summed E-state index contributed by atoms with van der Waals surface area (Å²) in [4.78, 5) is 25.0. The maximum Gasteiger partial charge on any atom is 0.227 e. The Morgan fingerprint density at radius 2 is 0.634 bits per heavy atom. The van der Waals surface area contributed by atoms with E-state index in [1.807, 2.05) is 52.5 Å². The van der Waals surface area contributed by atoms with Gasteiger partial charge in [0.15, 0.2) is 75.6 Å². The van der Waals surface area contributed by atoms with Crippen LogP contribution in [0.3, 0.4) is 0 Å². The first-order chi connectivity index (χ1) is 33.4. The van der Waals surface area contributed by atoms with Gasteiger partial charge in [-0.3, -0.25) is 9.59 Å². The van der Waals surface area contributed by atoms with E-state index in [1.54, 1.807) is 47.7 Å². The van der Waals surface area contributed by atoms with Crippen LogP contribution >= 0.6 is 11.3 Å². The average Bonchev–Trinajstić information content (AvgIpc) is 3.78. The number of hydrogen-bond acceptors (Lipinski definition) is 3. The molecule has 3 nitrogen and oxygen atoms in total. The Morgan fingerprint density at radius 3 is 0.986 bits per heavy atom. The molecule has 0 unspecified atom stereocenters. The first-order valence-corrected chi connectivity index (χ1v) is 20.1. The summed E-state index contributed by atoms with van der Waals surface area (Å²) in [6, 6.07) is 24.1. The number of fused-ring (bicyclic) bond motifs is 1. The molecule has 7 aromatic carbocycles. The first-order valence-electron chi connectivity index (χ1n) is 19.2. The fraction of sp³-hybridized carbons (Fsp3) is 0.0217. The van der Waals surface area contributed by atoms with Crippen molar-refractivity contribution < 1.29 is 102 Å². The summed E-state index contributed by atoms with van der Waals surface area (Å²) < 4.78 is 297. The summed E-state index contributed by atoms with van der Waals surface area (Å²) in [5, 5.41) is 0. The van der Waals surface area contributed by atoms with Gasteiger partial charge in [-0.25, -0.2) is 87.8 Å². The number of Topliss-reactive ketones (excluding diaryl/α,β-unsaturated/α-hetero) is 1. The van der Waals surface area contributed by atoms with Crippen molar-refractivity contribution in [3.8, 4) is 0 Å². The van der Waals surface area contributed by atoms with Gasteiger partial charge >= 0.3 is 0 Å². The third-order valence-electron chi connectivity index (χ3n) is 11.0. The standard InChI is InChI=1S/C24BF20.C22H16NO2S/c26-5-1(6(27)14(35)21(42)13(5)34)25(2-7(28)15(36)22(43)16(37)8(2)29,3-9(30)17(38)23(44)18(39)10(3)31)4-11(32)19(40)24(45)20(41)12(4)33;24-20(14-23-15-26-21-9-5-4-8-19(21)23)16-10-12-18(13-11-16)22(25)17-6-2-1-3-7-17/h;1-13,15H,14H2/q-1;+1. The van der Waals surface area contributed by atoms with Crippen LogP contribution in [0, 0.1) is 116 Å². The lowest BCUT2D eigenvalue weighted by Crippen LogP contribution is -2.81. The summed E-state index contributed by atoms with van der Waals surface area (Å²) in [6.07, 6.45) is -7.22. The minimum atomic E-state index is -7.22. The second kappa shape index (κ2) is 19.3. The van der Waals surface area contributed by atoms with Crippen molar-refractivity contribution in [2.45, 2.75) is 6.54 Å². The fourth-order valence-corrected chi connectivity index (χ4v) is 8.67. The minimum Gasteiger partial charge on any atom is -0.289 e. The number of carbonyl (C=O) groups is 2. The van der Waals surface area contributed by atoms with E-state index in [0.29, 0.717) is 16.7 Å². The molecule has 0 radical (unpaired) electrons. The van der Waals surface area contributed by atoms with Gasteiger partial charge in [-0.15, -0.1) is 21.9 Å². The van der Waals surface area contributed by atoms with Crippen LogP contribution in [0.4, 0.5) is 87.8 Å². The van der Waals surface area contributed by atoms with E-state index in [2.05, 4.69) is 0 Å². The molecule has 366 valence electrons. The molecule has 0 aliphatic heterocycles. The zero-order chi connectivity index (χ0) is 52.3. The summed E-state index contributed by atoms with van der Waals surface area (Å²) in [5.41, 5.74) is -9.47. The molecule has 0 aliphatic rings. The van der Waals surface area contributed by atoms with Crippen LogP contribution in [0.2, 0.25) is 0 Å². The van der Waals surface area contributed by atoms with Gasteiger partial charge in [0.1, 0.15) is 57.4 Å². The monoisotopic (exact) mass is 1040 g/mol. The molecule has 0 spiro atoms. The van der Waals surface area contributed by atoms with E-state index in [9.17, 15) is 62.3 Å². The molecule has 1 aromatic heterocycles. The third-order valence-corrected chi connectivity index (χ3v) is 12.0. The number of ketones is 2. The summed E-state index contributed by atoms with van der Waals surface area (Å²) in [5.74, 6) is -71.4. The number of rotatable bonds is 9. The van der Waals surface area contributed by atoms with Crippen LogP contribution in [-0.4, -0.2) is 17.7 Å². The summed E-state index contributed by atoms with van der Waals surface area (Å²) in [6.45, 7) is 0.288. The minimum absolute atomic E-state index is 0.0252. The van der Waals surface area contributed by atoms with Crippen LogP contribution in [0.25, 0.3) is 10.2 Å². The zero-order valence-corrected chi connectivity index (χ0v) is 34.9. The normalized spacial score (nSPS) is 11.5. The molecule has 0 atom stereocenters. The Morgan fingerprint density at radius 1 is 0.352 bits per heavy atom. The van der Waals surface area contributed by atoms with E-state index in [1.165, 1.54) is 0 Å². The van der Waals surface area contributed by atoms with Crippen molar-refractivity contribution in [1.82, 2.24) is 0 Å². The van der Waals surface area contributed by atoms with Crippen molar-refractivity contribution in [3.63, 3.8) is 0 Å². The van der Waals surface area contributed by atoms with E-state index < -0.39 is 144 Å².